The number of pyridine rings is 1. The summed E-state index contributed by atoms with van der Waals surface area (Å²) in [5.41, 5.74) is -1.01. The average Bonchev–Trinajstić information content (AvgIpc) is 3.17. The molecule has 0 spiro atoms. The molecule has 2 aromatic rings. The maximum atomic E-state index is 13.4. The number of aryl methyl sites for hydroxylation is 1. The molecule has 0 aliphatic heterocycles. The van der Waals surface area contributed by atoms with Crippen molar-refractivity contribution in [3.05, 3.63) is 35.0 Å². The molecule has 0 unspecified atom stereocenters. The Morgan fingerprint density at radius 2 is 1.87 bits per heavy atom. The van der Waals surface area contributed by atoms with E-state index in [0.29, 0.717) is 61.5 Å². The number of carbonyl (C=O) groups is 1. The summed E-state index contributed by atoms with van der Waals surface area (Å²) in [6.07, 6.45) is 1.04. The topological polar surface area (TPSA) is 103 Å². The fourth-order valence-electron chi connectivity index (χ4n) is 5.07. The van der Waals surface area contributed by atoms with Crippen LogP contribution in [0.15, 0.2) is 12.3 Å². The van der Waals surface area contributed by atoms with E-state index >= 15 is 0 Å². The van der Waals surface area contributed by atoms with Gasteiger partial charge in [0, 0.05) is 25.4 Å². The number of hydrogen-bond donors (Lipinski definition) is 1. The van der Waals surface area contributed by atoms with E-state index in [0.717, 1.165) is 13.8 Å². The van der Waals surface area contributed by atoms with Crippen LogP contribution in [0, 0.1) is 17.8 Å². The zero-order chi connectivity index (χ0) is 29.4. The van der Waals surface area contributed by atoms with Crippen molar-refractivity contribution in [1.29, 1.82) is 0 Å². The molecular weight excluding hydrogens is 533 g/mol. The van der Waals surface area contributed by atoms with Crippen LogP contribution in [0.3, 0.4) is 0 Å². The van der Waals surface area contributed by atoms with Gasteiger partial charge in [-0.1, -0.05) is 27.7 Å². The Bertz CT molecular complexity index is 1310. The highest BCUT2D eigenvalue weighted by Crippen LogP contribution is 2.41. The van der Waals surface area contributed by atoms with Gasteiger partial charge in [-0.15, -0.1) is 0 Å². The molecule has 2 heterocycles. The number of aromatic nitrogens is 3. The molecular formula is C27H39F3N4O4S. The van der Waals surface area contributed by atoms with Gasteiger partial charge in [-0.3, -0.25) is 9.36 Å². The second-order valence-corrected chi connectivity index (χ2v) is 13.9. The molecule has 8 nitrogen and oxygen atoms in total. The van der Waals surface area contributed by atoms with Crippen LogP contribution in [0.2, 0.25) is 0 Å². The minimum absolute atomic E-state index is 0.217. The monoisotopic (exact) mass is 572 g/mol. The molecule has 1 N–H and O–H groups in total. The summed E-state index contributed by atoms with van der Waals surface area (Å²) in [5.74, 6) is 0.836. The predicted molar refractivity (Wildman–Crippen MR) is 143 cm³/mol. The van der Waals surface area contributed by atoms with Crippen LogP contribution in [0.25, 0.3) is 5.82 Å². The number of nitrogens with one attached hydrogen (secondary N) is 1. The lowest BCUT2D eigenvalue weighted by Crippen LogP contribution is -2.40. The van der Waals surface area contributed by atoms with Crippen LogP contribution in [0.1, 0.15) is 80.9 Å². The lowest BCUT2D eigenvalue weighted by Gasteiger charge is -2.36. The zero-order valence-corrected chi connectivity index (χ0v) is 24.5. The Morgan fingerprint density at radius 3 is 2.38 bits per heavy atom. The summed E-state index contributed by atoms with van der Waals surface area (Å²) in [5, 5.41) is 2.64. The summed E-state index contributed by atoms with van der Waals surface area (Å²) in [7, 11) is -1.66. The van der Waals surface area contributed by atoms with Crippen LogP contribution in [0.4, 0.5) is 13.2 Å². The molecule has 218 valence electrons. The Kier molecular flexibility index (Phi) is 8.79. The first-order valence-corrected chi connectivity index (χ1v) is 15.0. The fourth-order valence-corrected chi connectivity index (χ4v) is 6.16. The highest BCUT2D eigenvalue weighted by Gasteiger charge is 2.47. The van der Waals surface area contributed by atoms with Crippen LogP contribution >= 0.6 is 0 Å². The van der Waals surface area contributed by atoms with E-state index < -0.39 is 21.4 Å². The Hall–Kier alpha value is -2.63. The van der Waals surface area contributed by atoms with Crippen molar-refractivity contribution in [2.45, 2.75) is 84.6 Å². The summed E-state index contributed by atoms with van der Waals surface area (Å²) in [4.78, 5) is 22.2. The molecule has 1 aliphatic rings. The molecule has 1 amide bonds. The summed E-state index contributed by atoms with van der Waals surface area (Å²) < 4.78 is 71.2. The van der Waals surface area contributed by atoms with Crippen molar-refractivity contribution >= 4 is 15.7 Å². The first-order valence-electron chi connectivity index (χ1n) is 13.1. The van der Waals surface area contributed by atoms with Crippen molar-refractivity contribution in [3.63, 3.8) is 0 Å². The zero-order valence-electron chi connectivity index (χ0n) is 23.7. The number of carbonyl (C=O) groups excluding carboxylic acids is 1. The number of nitrogens with zero attached hydrogens (tertiary/aromatic N) is 3. The highest BCUT2D eigenvalue weighted by molar-refractivity contribution is 7.91. The van der Waals surface area contributed by atoms with E-state index in [2.05, 4.69) is 15.3 Å². The van der Waals surface area contributed by atoms with Gasteiger partial charge in [-0.2, -0.15) is 13.2 Å². The van der Waals surface area contributed by atoms with E-state index in [9.17, 15) is 26.4 Å². The number of methoxy groups -OCH3 is 1. The summed E-state index contributed by atoms with van der Waals surface area (Å²) >= 11 is 0. The first-order chi connectivity index (χ1) is 17.9. The van der Waals surface area contributed by atoms with Crippen LogP contribution in [0.5, 0.6) is 5.75 Å². The van der Waals surface area contributed by atoms with Crippen LogP contribution in [-0.4, -0.2) is 60.2 Å². The predicted octanol–water partition coefficient (Wildman–Crippen LogP) is 5.00. The van der Waals surface area contributed by atoms with Crippen LogP contribution < -0.4 is 10.1 Å². The molecule has 0 aromatic carbocycles. The molecule has 1 saturated carbocycles. The number of sulfone groups is 1. The second kappa shape index (κ2) is 11.1. The van der Waals surface area contributed by atoms with Crippen molar-refractivity contribution in [2.24, 2.45) is 10.8 Å². The molecule has 1 fully saturated rings. The molecule has 2 aromatic heterocycles. The van der Waals surface area contributed by atoms with Gasteiger partial charge in [0.2, 0.25) is 0 Å². The first kappa shape index (κ1) is 30.9. The highest BCUT2D eigenvalue weighted by atomic mass is 32.2. The van der Waals surface area contributed by atoms with Gasteiger partial charge in [0.1, 0.15) is 21.4 Å². The van der Waals surface area contributed by atoms with Gasteiger partial charge < -0.3 is 10.1 Å². The SMILES string of the molecule is CCc1nc(C(=O)NCC2(C)CCC(S(C)(=O)=O)CC2)c(C)n1-c1ncc(CC(C)(C)C(F)(F)F)cc1OC. The maximum absolute atomic E-state index is 13.4. The standard InChI is InChI=1S/C27H39F3N4O4S/c1-8-21-33-22(24(35)32-16-26(5)11-9-19(10-12-26)39(7,36)37)17(2)34(21)23-20(38-6)13-18(15-31-23)14-25(3,4)27(28,29)30/h13,15,19H,8-12,14,16H2,1-7H3,(H,32,35). The average molecular weight is 573 g/mol. The number of halogens is 3. The van der Waals surface area contributed by atoms with Crippen molar-refractivity contribution < 1.29 is 31.1 Å². The number of amides is 1. The largest absolute Gasteiger partial charge is 0.493 e. The lowest BCUT2D eigenvalue weighted by molar-refractivity contribution is -0.211. The van der Waals surface area contributed by atoms with Gasteiger partial charge in [0.05, 0.1) is 23.5 Å². The fraction of sp³-hybridized carbons (Fsp3) is 0.667. The molecule has 39 heavy (non-hydrogen) atoms. The van der Waals surface area contributed by atoms with Gasteiger partial charge in [0.15, 0.2) is 11.6 Å². The molecule has 0 atom stereocenters. The number of alkyl halides is 3. The molecule has 1 aliphatic carbocycles. The molecule has 0 bridgehead atoms. The molecule has 0 saturated heterocycles. The Balaban J connectivity index is 1.83. The van der Waals surface area contributed by atoms with Gasteiger partial charge in [-0.25, -0.2) is 18.4 Å². The van der Waals surface area contributed by atoms with Crippen molar-refractivity contribution in [2.75, 3.05) is 19.9 Å². The number of rotatable bonds is 9. The maximum Gasteiger partial charge on any atom is 0.394 e. The van der Waals surface area contributed by atoms with E-state index in [4.69, 9.17) is 4.74 Å². The van der Waals surface area contributed by atoms with E-state index in [1.165, 1.54) is 19.6 Å². The third-order valence-corrected chi connectivity index (χ3v) is 9.55. The molecule has 0 radical (unpaired) electrons. The lowest BCUT2D eigenvalue weighted by atomic mass is 9.75. The van der Waals surface area contributed by atoms with Crippen molar-refractivity contribution in [3.8, 4) is 11.6 Å². The third kappa shape index (κ3) is 6.75. The Morgan fingerprint density at radius 1 is 1.26 bits per heavy atom. The number of imidazole rings is 1. The third-order valence-electron chi connectivity index (χ3n) is 7.86. The summed E-state index contributed by atoms with van der Waals surface area (Å²) in [6, 6.07) is 1.54. The van der Waals surface area contributed by atoms with E-state index in [1.807, 2.05) is 13.8 Å². The van der Waals surface area contributed by atoms with Gasteiger partial charge in [-0.05, 0) is 56.1 Å². The normalized spacial score (nSPS) is 20.6. The number of hydrogen-bond acceptors (Lipinski definition) is 6. The van der Waals surface area contributed by atoms with Gasteiger partial charge >= 0.3 is 6.18 Å². The minimum atomic E-state index is -4.37. The summed E-state index contributed by atoms with van der Waals surface area (Å²) in [6.45, 7) is 8.35. The molecule has 12 heteroatoms. The Labute approximate surface area is 228 Å². The second-order valence-electron chi connectivity index (χ2n) is 11.6. The van der Waals surface area contributed by atoms with Gasteiger partial charge in [0.25, 0.3) is 5.91 Å². The van der Waals surface area contributed by atoms with Crippen molar-refractivity contribution in [1.82, 2.24) is 19.9 Å². The quantitative estimate of drug-likeness (QED) is 0.454. The molecule has 3 rings (SSSR count). The minimum Gasteiger partial charge on any atom is -0.493 e. The van der Waals surface area contributed by atoms with E-state index in [1.54, 1.807) is 17.6 Å². The number of ether oxygens (including phenoxy) is 1. The van der Waals surface area contributed by atoms with E-state index in [-0.39, 0.29) is 34.4 Å². The van der Waals surface area contributed by atoms with Crippen LogP contribution in [-0.2, 0) is 22.7 Å². The smallest absolute Gasteiger partial charge is 0.394 e.